The van der Waals surface area contributed by atoms with E-state index in [1.165, 1.54) is 0 Å². The summed E-state index contributed by atoms with van der Waals surface area (Å²) in [5.74, 6) is 1.11. The third kappa shape index (κ3) is 3.10. The number of hydrogen-bond donors (Lipinski definition) is 1. The van der Waals surface area contributed by atoms with Gasteiger partial charge in [0.25, 0.3) is 0 Å². The Morgan fingerprint density at radius 1 is 1.28 bits per heavy atom. The summed E-state index contributed by atoms with van der Waals surface area (Å²) >= 11 is 6.74. The molecule has 0 amide bonds. The molecule has 0 saturated heterocycles. The van der Waals surface area contributed by atoms with Gasteiger partial charge < -0.3 is 9.84 Å². The minimum atomic E-state index is -0.114. The van der Waals surface area contributed by atoms with Crippen molar-refractivity contribution in [1.29, 1.82) is 0 Å². The van der Waals surface area contributed by atoms with E-state index in [1.807, 2.05) is 25.1 Å². The first kappa shape index (κ1) is 13.5. The van der Waals surface area contributed by atoms with Gasteiger partial charge in [-0.3, -0.25) is 0 Å². The van der Waals surface area contributed by atoms with Crippen LogP contribution in [-0.2, 0) is 6.61 Å². The van der Waals surface area contributed by atoms with Crippen LogP contribution >= 0.6 is 31.9 Å². The third-order valence-electron chi connectivity index (χ3n) is 2.41. The molecule has 5 heteroatoms. The molecule has 3 nitrogen and oxygen atoms in total. The largest absolute Gasteiger partial charge is 0.439 e. The van der Waals surface area contributed by atoms with E-state index in [4.69, 9.17) is 4.74 Å². The van der Waals surface area contributed by atoms with Crippen molar-refractivity contribution in [2.75, 3.05) is 0 Å². The lowest BCUT2D eigenvalue weighted by Crippen LogP contribution is -1.95. The van der Waals surface area contributed by atoms with Crippen molar-refractivity contribution in [2.45, 2.75) is 13.5 Å². The molecule has 0 aliphatic rings. The Hall–Kier alpha value is -0.910. The van der Waals surface area contributed by atoms with Crippen LogP contribution in [0.15, 0.2) is 39.4 Å². The van der Waals surface area contributed by atoms with Gasteiger partial charge in [-0.25, -0.2) is 4.98 Å². The molecule has 1 aromatic carbocycles. The van der Waals surface area contributed by atoms with Crippen LogP contribution in [0.5, 0.6) is 11.6 Å². The van der Waals surface area contributed by atoms with Gasteiger partial charge in [-0.15, -0.1) is 0 Å². The molecule has 0 unspecified atom stereocenters. The molecule has 0 bridgehead atoms. The zero-order valence-electron chi connectivity index (χ0n) is 9.65. The van der Waals surface area contributed by atoms with Gasteiger partial charge in [-0.05, 0) is 52.7 Å². The smallest absolute Gasteiger partial charge is 0.224 e. The highest BCUT2D eigenvalue weighted by Crippen LogP contribution is 2.28. The molecule has 18 heavy (non-hydrogen) atoms. The number of pyridine rings is 1. The number of hydrogen-bond acceptors (Lipinski definition) is 3. The standard InChI is InChI=1S/C13H11Br2NO2/c1-8-4-11(2-3-12(8)15)18-13-9(7-17)5-10(14)6-16-13/h2-6,17H,7H2,1H3. The predicted molar refractivity (Wildman–Crippen MR) is 76.8 cm³/mol. The van der Waals surface area contributed by atoms with Gasteiger partial charge in [0.1, 0.15) is 5.75 Å². The highest BCUT2D eigenvalue weighted by molar-refractivity contribution is 9.10. The predicted octanol–water partition coefficient (Wildman–Crippen LogP) is 4.20. The quantitative estimate of drug-likeness (QED) is 0.877. The molecule has 0 aliphatic carbocycles. The zero-order chi connectivity index (χ0) is 13.1. The first-order valence-corrected chi connectivity index (χ1v) is 6.88. The van der Waals surface area contributed by atoms with E-state index in [9.17, 15) is 5.11 Å². The fraction of sp³-hybridized carbons (Fsp3) is 0.154. The second-order valence-corrected chi connectivity index (χ2v) is 5.56. The van der Waals surface area contributed by atoms with Crippen molar-refractivity contribution >= 4 is 31.9 Å². The molecular weight excluding hydrogens is 362 g/mol. The Morgan fingerprint density at radius 3 is 2.72 bits per heavy atom. The van der Waals surface area contributed by atoms with Crippen molar-refractivity contribution in [3.8, 4) is 11.6 Å². The second-order valence-electron chi connectivity index (χ2n) is 3.79. The molecular formula is C13H11Br2NO2. The Balaban J connectivity index is 2.30. The lowest BCUT2D eigenvalue weighted by atomic mass is 10.2. The van der Waals surface area contributed by atoms with Crippen LogP contribution in [0.4, 0.5) is 0 Å². The number of aliphatic hydroxyl groups is 1. The van der Waals surface area contributed by atoms with Crippen LogP contribution in [0.25, 0.3) is 0 Å². The summed E-state index contributed by atoms with van der Waals surface area (Å²) in [5.41, 5.74) is 1.72. The van der Waals surface area contributed by atoms with Gasteiger partial charge in [0.2, 0.25) is 5.88 Å². The van der Waals surface area contributed by atoms with Crippen molar-refractivity contribution < 1.29 is 9.84 Å². The average Bonchev–Trinajstić information content (AvgIpc) is 2.36. The number of nitrogens with zero attached hydrogens (tertiary/aromatic N) is 1. The summed E-state index contributed by atoms with van der Waals surface area (Å²) in [6, 6.07) is 7.47. The fourth-order valence-electron chi connectivity index (χ4n) is 1.47. The highest BCUT2D eigenvalue weighted by Gasteiger charge is 2.07. The van der Waals surface area contributed by atoms with Gasteiger partial charge in [0, 0.05) is 20.7 Å². The number of ether oxygens (including phenoxy) is 1. The second kappa shape index (κ2) is 5.82. The topological polar surface area (TPSA) is 42.4 Å². The Bertz CT molecular complexity index is 573. The monoisotopic (exact) mass is 371 g/mol. The maximum atomic E-state index is 9.27. The van der Waals surface area contributed by atoms with Crippen molar-refractivity contribution in [1.82, 2.24) is 4.98 Å². The molecule has 0 atom stereocenters. The van der Waals surface area contributed by atoms with Crippen LogP contribution in [0.3, 0.4) is 0 Å². The van der Waals surface area contributed by atoms with Gasteiger partial charge >= 0.3 is 0 Å². The summed E-state index contributed by atoms with van der Waals surface area (Å²) in [6.07, 6.45) is 1.64. The zero-order valence-corrected chi connectivity index (χ0v) is 12.8. The molecule has 0 aliphatic heterocycles. The molecule has 0 fully saturated rings. The Labute approximate surface area is 122 Å². The van der Waals surface area contributed by atoms with E-state index in [0.717, 1.165) is 14.5 Å². The number of aliphatic hydroxyl groups excluding tert-OH is 1. The van der Waals surface area contributed by atoms with Crippen molar-refractivity contribution in [3.05, 3.63) is 50.5 Å². The number of aromatic nitrogens is 1. The van der Waals surface area contributed by atoms with E-state index in [1.54, 1.807) is 12.3 Å². The molecule has 2 aromatic rings. The van der Waals surface area contributed by atoms with Crippen molar-refractivity contribution in [3.63, 3.8) is 0 Å². The van der Waals surface area contributed by atoms with Gasteiger partial charge in [-0.1, -0.05) is 15.9 Å². The lowest BCUT2D eigenvalue weighted by molar-refractivity contribution is 0.275. The minimum absolute atomic E-state index is 0.114. The number of halogens is 2. The SMILES string of the molecule is Cc1cc(Oc2ncc(Br)cc2CO)ccc1Br. The number of rotatable bonds is 3. The molecule has 2 rings (SSSR count). The molecule has 0 saturated carbocycles. The van der Waals surface area contributed by atoms with Crippen LogP contribution in [0, 0.1) is 6.92 Å². The van der Waals surface area contributed by atoms with E-state index < -0.39 is 0 Å². The first-order valence-electron chi connectivity index (χ1n) is 5.29. The Kier molecular flexibility index (Phi) is 4.37. The van der Waals surface area contributed by atoms with Gasteiger partial charge in [-0.2, -0.15) is 0 Å². The highest BCUT2D eigenvalue weighted by atomic mass is 79.9. The molecule has 1 aromatic heterocycles. The van der Waals surface area contributed by atoms with E-state index in [-0.39, 0.29) is 6.61 Å². The summed E-state index contributed by atoms with van der Waals surface area (Å²) < 4.78 is 7.52. The van der Waals surface area contributed by atoms with Crippen LogP contribution in [0.2, 0.25) is 0 Å². The molecule has 1 N–H and O–H groups in total. The number of aryl methyl sites for hydroxylation is 1. The minimum Gasteiger partial charge on any atom is -0.439 e. The Morgan fingerprint density at radius 2 is 2.06 bits per heavy atom. The third-order valence-corrected chi connectivity index (χ3v) is 3.73. The van der Waals surface area contributed by atoms with Crippen LogP contribution in [-0.4, -0.2) is 10.1 Å². The lowest BCUT2D eigenvalue weighted by Gasteiger charge is -2.09. The van der Waals surface area contributed by atoms with E-state index in [2.05, 4.69) is 36.8 Å². The van der Waals surface area contributed by atoms with Crippen LogP contribution < -0.4 is 4.74 Å². The van der Waals surface area contributed by atoms with Crippen LogP contribution in [0.1, 0.15) is 11.1 Å². The summed E-state index contributed by atoms with van der Waals surface area (Å²) in [5, 5.41) is 9.27. The fourth-order valence-corrected chi connectivity index (χ4v) is 2.09. The summed E-state index contributed by atoms with van der Waals surface area (Å²) in [4.78, 5) is 4.16. The number of benzene rings is 1. The maximum Gasteiger partial charge on any atom is 0.224 e. The summed E-state index contributed by atoms with van der Waals surface area (Å²) in [7, 11) is 0. The van der Waals surface area contributed by atoms with Gasteiger partial charge in [0.15, 0.2) is 0 Å². The molecule has 94 valence electrons. The van der Waals surface area contributed by atoms with E-state index >= 15 is 0 Å². The van der Waals surface area contributed by atoms with Crippen molar-refractivity contribution in [2.24, 2.45) is 0 Å². The molecule has 0 radical (unpaired) electrons. The normalized spacial score (nSPS) is 10.4. The van der Waals surface area contributed by atoms with Gasteiger partial charge in [0.05, 0.1) is 6.61 Å². The van der Waals surface area contributed by atoms with E-state index in [0.29, 0.717) is 17.2 Å². The maximum absolute atomic E-state index is 9.27. The molecule has 0 spiro atoms. The molecule has 1 heterocycles. The average molecular weight is 373 g/mol. The summed E-state index contributed by atoms with van der Waals surface area (Å²) in [6.45, 7) is 1.87. The first-order chi connectivity index (χ1) is 8.60.